The molecule has 3 rings (SSSR count). The lowest BCUT2D eigenvalue weighted by Crippen LogP contribution is -2.53. The van der Waals surface area contributed by atoms with E-state index in [0.29, 0.717) is 25.1 Å². The Bertz CT molecular complexity index is 1340. The Balaban J connectivity index is 1.98. The van der Waals surface area contributed by atoms with Crippen molar-refractivity contribution in [3.05, 3.63) is 96.1 Å². The highest BCUT2D eigenvalue weighted by molar-refractivity contribution is 7.92. The topological polar surface area (TPSA) is 86.8 Å². The number of nitrogens with zero attached hydrogens (tertiary/aromatic N) is 2. The molecule has 8 heteroatoms. The number of hydrogen-bond acceptors (Lipinski definition) is 4. The minimum atomic E-state index is -4.07. The highest BCUT2D eigenvalue weighted by Crippen LogP contribution is 2.26. The molecular formula is C33H43N3O4S. The van der Waals surface area contributed by atoms with Gasteiger partial charge in [-0.1, -0.05) is 94.8 Å². The third-order valence-corrected chi connectivity index (χ3v) is 8.95. The van der Waals surface area contributed by atoms with Gasteiger partial charge in [0.25, 0.3) is 10.0 Å². The Hall–Kier alpha value is -3.65. The first-order valence-corrected chi connectivity index (χ1v) is 15.9. The molecule has 0 aromatic heterocycles. The van der Waals surface area contributed by atoms with E-state index in [1.165, 1.54) is 12.1 Å². The van der Waals surface area contributed by atoms with Crippen LogP contribution in [0.1, 0.15) is 64.0 Å². The summed E-state index contributed by atoms with van der Waals surface area (Å²) < 4.78 is 29.0. The van der Waals surface area contributed by atoms with E-state index in [9.17, 15) is 18.0 Å². The fraction of sp³-hybridized carbons (Fsp3) is 0.394. The summed E-state index contributed by atoms with van der Waals surface area (Å²) in [5.41, 5.74) is 2.50. The van der Waals surface area contributed by atoms with Crippen molar-refractivity contribution in [3.8, 4) is 0 Å². The smallest absolute Gasteiger partial charge is 0.264 e. The van der Waals surface area contributed by atoms with Gasteiger partial charge in [0.2, 0.25) is 11.8 Å². The van der Waals surface area contributed by atoms with Crippen molar-refractivity contribution in [1.29, 1.82) is 0 Å². The van der Waals surface area contributed by atoms with Crippen LogP contribution in [0.25, 0.3) is 0 Å². The number of amides is 2. The van der Waals surface area contributed by atoms with Crippen LogP contribution in [0.4, 0.5) is 5.69 Å². The summed E-state index contributed by atoms with van der Waals surface area (Å²) in [6.07, 6.45) is 2.73. The highest BCUT2D eigenvalue weighted by Gasteiger charge is 2.33. The maximum absolute atomic E-state index is 14.1. The maximum Gasteiger partial charge on any atom is 0.264 e. The van der Waals surface area contributed by atoms with Crippen molar-refractivity contribution in [1.82, 2.24) is 10.2 Å². The lowest BCUT2D eigenvalue weighted by molar-refractivity contribution is -0.139. The molecule has 1 atom stereocenters. The molecule has 0 fully saturated rings. The summed E-state index contributed by atoms with van der Waals surface area (Å²) in [5, 5.41) is 2.96. The lowest BCUT2D eigenvalue weighted by atomic mass is 10.0. The number of carbonyl (C=O) groups is 2. The van der Waals surface area contributed by atoms with Crippen LogP contribution in [0.5, 0.6) is 0 Å². The quantitative estimate of drug-likeness (QED) is 0.232. The van der Waals surface area contributed by atoms with E-state index in [0.717, 1.165) is 28.3 Å². The van der Waals surface area contributed by atoms with Crippen LogP contribution >= 0.6 is 0 Å². The Labute approximate surface area is 245 Å². The maximum atomic E-state index is 14.1. The molecule has 3 aromatic carbocycles. The van der Waals surface area contributed by atoms with E-state index in [2.05, 4.69) is 26.1 Å². The van der Waals surface area contributed by atoms with Gasteiger partial charge in [-0.2, -0.15) is 0 Å². The highest BCUT2D eigenvalue weighted by atomic mass is 32.2. The molecule has 0 heterocycles. The van der Waals surface area contributed by atoms with Crippen LogP contribution in [0, 0.1) is 0 Å². The van der Waals surface area contributed by atoms with E-state index in [1.54, 1.807) is 35.2 Å². The van der Waals surface area contributed by atoms with Crippen LogP contribution in [0.3, 0.4) is 0 Å². The van der Waals surface area contributed by atoms with Gasteiger partial charge in [-0.05, 0) is 60.6 Å². The molecule has 220 valence electrons. The number of unbranched alkanes of at least 4 members (excludes halogenated alkanes) is 1. The number of benzene rings is 3. The van der Waals surface area contributed by atoms with Gasteiger partial charge in [0.05, 0.1) is 10.6 Å². The standard InChI is InChI=1S/C33H43N3O4S/c1-5-7-23-34-33(38)31(6-2)35(24-22-27-14-10-8-11-15-27)32(37)25-36(29-20-18-28(19-21-29)26(3)4)41(39,40)30-16-12-9-13-17-30/h8-21,26,31H,5-7,22-25H2,1-4H3,(H,34,38)/t31-/m0/s1. The van der Waals surface area contributed by atoms with Crippen LogP contribution in [-0.4, -0.2) is 50.8 Å². The minimum Gasteiger partial charge on any atom is -0.354 e. The van der Waals surface area contributed by atoms with Crippen molar-refractivity contribution in [2.75, 3.05) is 23.9 Å². The molecule has 41 heavy (non-hydrogen) atoms. The normalized spacial score (nSPS) is 12.1. The minimum absolute atomic E-state index is 0.0981. The van der Waals surface area contributed by atoms with E-state index in [4.69, 9.17) is 0 Å². The van der Waals surface area contributed by atoms with Gasteiger partial charge in [-0.3, -0.25) is 13.9 Å². The SMILES string of the molecule is CCCCNC(=O)[C@H](CC)N(CCc1ccccc1)C(=O)CN(c1ccc(C(C)C)cc1)S(=O)(=O)c1ccccc1. The number of carbonyl (C=O) groups excluding carboxylic acids is 2. The molecule has 0 saturated heterocycles. The van der Waals surface area contributed by atoms with Crippen molar-refractivity contribution in [2.24, 2.45) is 0 Å². The first-order chi connectivity index (χ1) is 19.7. The van der Waals surface area contributed by atoms with Crippen molar-refractivity contribution < 1.29 is 18.0 Å². The third kappa shape index (κ3) is 8.67. The zero-order chi connectivity index (χ0) is 29.8. The fourth-order valence-corrected chi connectivity index (χ4v) is 6.11. The summed E-state index contributed by atoms with van der Waals surface area (Å²) >= 11 is 0. The predicted molar refractivity (Wildman–Crippen MR) is 165 cm³/mol. The Morgan fingerprint density at radius 3 is 2.02 bits per heavy atom. The molecule has 0 bridgehead atoms. The predicted octanol–water partition coefficient (Wildman–Crippen LogP) is 5.77. The summed E-state index contributed by atoms with van der Waals surface area (Å²) in [4.78, 5) is 29.0. The third-order valence-electron chi connectivity index (χ3n) is 7.16. The largest absolute Gasteiger partial charge is 0.354 e. The number of sulfonamides is 1. The molecule has 7 nitrogen and oxygen atoms in total. The molecule has 0 aliphatic heterocycles. The van der Waals surface area contributed by atoms with E-state index in [1.807, 2.05) is 49.4 Å². The van der Waals surface area contributed by atoms with Gasteiger partial charge >= 0.3 is 0 Å². The number of nitrogens with one attached hydrogen (secondary N) is 1. The van der Waals surface area contributed by atoms with Gasteiger partial charge in [-0.15, -0.1) is 0 Å². The van der Waals surface area contributed by atoms with Gasteiger partial charge < -0.3 is 10.2 Å². The van der Waals surface area contributed by atoms with Crippen LogP contribution in [-0.2, 0) is 26.0 Å². The summed E-state index contributed by atoms with van der Waals surface area (Å²) in [6, 6.07) is 24.4. The van der Waals surface area contributed by atoms with Gasteiger partial charge in [0, 0.05) is 13.1 Å². The lowest BCUT2D eigenvalue weighted by Gasteiger charge is -2.33. The molecule has 0 unspecified atom stereocenters. The monoisotopic (exact) mass is 577 g/mol. The summed E-state index contributed by atoms with van der Waals surface area (Å²) in [6.45, 7) is 8.45. The summed E-state index contributed by atoms with van der Waals surface area (Å²) in [5.74, 6) is -0.373. The van der Waals surface area contributed by atoms with Crippen molar-refractivity contribution in [3.63, 3.8) is 0 Å². The van der Waals surface area contributed by atoms with Gasteiger partial charge in [0.15, 0.2) is 0 Å². The number of anilines is 1. The molecule has 3 aromatic rings. The second-order valence-corrected chi connectivity index (χ2v) is 12.3. The molecule has 0 saturated carbocycles. The molecule has 0 aliphatic carbocycles. The zero-order valence-electron chi connectivity index (χ0n) is 24.6. The zero-order valence-corrected chi connectivity index (χ0v) is 25.4. The molecule has 0 spiro atoms. The fourth-order valence-electron chi connectivity index (χ4n) is 4.68. The molecule has 2 amide bonds. The van der Waals surface area contributed by atoms with Gasteiger partial charge in [0.1, 0.15) is 12.6 Å². The molecular weight excluding hydrogens is 534 g/mol. The molecule has 1 N–H and O–H groups in total. The van der Waals surface area contributed by atoms with Crippen LogP contribution in [0.15, 0.2) is 89.8 Å². The average Bonchev–Trinajstić information content (AvgIpc) is 2.99. The van der Waals surface area contributed by atoms with Crippen molar-refractivity contribution >= 4 is 27.5 Å². The van der Waals surface area contributed by atoms with Crippen molar-refractivity contribution in [2.45, 2.75) is 70.2 Å². The Morgan fingerprint density at radius 2 is 1.46 bits per heavy atom. The number of hydrogen-bond donors (Lipinski definition) is 1. The average molecular weight is 578 g/mol. The van der Waals surface area contributed by atoms with E-state index >= 15 is 0 Å². The van der Waals surface area contributed by atoms with Gasteiger partial charge in [-0.25, -0.2) is 8.42 Å². The second kappa shape index (κ2) is 15.4. The van der Waals surface area contributed by atoms with E-state index in [-0.39, 0.29) is 23.3 Å². The van der Waals surface area contributed by atoms with Crippen LogP contribution < -0.4 is 9.62 Å². The van der Waals surface area contributed by atoms with Crippen LogP contribution in [0.2, 0.25) is 0 Å². The van der Waals surface area contributed by atoms with E-state index < -0.39 is 28.5 Å². The summed E-state index contributed by atoms with van der Waals surface area (Å²) in [7, 11) is -4.07. The number of rotatable bonds is 15. The second-order valence-electron chi connectivity index (χ2n) is 10.5. The Morgan fingerprint density at radius 1 is 0.854 bits per heavy atom. The first-order valence-electron chi connectivity index (χ1n) is 14.5. The Kier molecular flexibility index (Phi) is 12.0. The molecule has 0 radical (unpaired) electrons. The first kappa shape index (κ1) is 31.9. The molecule has 0 aliphatic rings.